The van der Waals surface area contributed by atoms with E-state index in [1.54, 1.807) is 24.4 Å². The Balaban J connectivity index is 1.58. The predicted molar refractivity (Wildman–Crippen MR) is 123 cm³/mol. The lowest BCUT2D eigenvalue weighted by molar-refractivity contribution is -0.126. The predicted octanol–water partition coefficient (Wildman–Crippen LogP) is 4.79. The summed E-state index contributed by atoms with van der Waals surface area (Å²) in [5.74, 6) is -2.62. The van der Waals surface area contributed by atoms with E-state index in [0.717, 1.165) is 49.2 Å². The van der Waals surface area contributed by atoms with E-state index in [4.69, 9.17) is 4.74 Å². The molecule has 1 amide bonds. The van der Waals surface area contributed by atoms with Crippen LogP contribution < -0.4 is 15.4 Å². The van der Waals surface area contributed by atoms with Gasteiger partial charge in [0.05, 0.1) is 18.3 Å². The Labute approximate surface area is 196 Å². The van der Waals surface area contributed by atoms with Crippen molar-refractivity contribution < 1.29 is 22.7 Å². The summed E-state index contributed by atoms with van der Waals surface area (Å²) in [5, 5.41) is 6.31. The quantitative estimate of drug-likeness (QED) is 0.498. The molecule has 0 bridgehead atoms. The van der Waals surface area contributed by atoms with Gasteiger partial charge in [-0.15, -0.1) is 0 Å². The third kappa shape index (κ3) is 5.75. The first-order chi connectivity index (χ1) is 16.5. The molecule has 1 fully saturated rings. The number of ether oxygens (including phenoxy) is 1. The van der Waals surface area contributed by atoms with Crippen molar-refractivity contribution in [3.8, 4) is 16.9 Å². The second-order valence-corrected chi connectivity index (χ2v) is 8.22. The molecule has 0 saturated carbocycles. The number of benzene rings is 2. The van der Waals surface area contributed by atoms with Gasteiger partial charge in [-0.25, -0.2) is 13.2 Å². The molecule has 8 heteroatoms. The summed E-state index contributed by atoms with van der Waals surface area (Å²) in [5.41, 5.74) is 2.05. The number of pyridine rings is 1. The van der Waals surface area contributed by atoms with Gasteiger partial charge in [0.15, 0.2) is 17.4 Å². The first-order valence-corrected chi connectivity index (χ1v) is 11.3. The number of nitrogens with zero attached hydrogens (tertiary/aromatic N) is 1. The van der Waals surface area contributed by atoms with E-state index in [2.05, 4.69) is 15.6 Å². The zero-order valence-corrected chi connectivity index (χ0v) is 18.6. The molecule has 1 atom stereocenters. The Morgan fingerprint density at radius 1 is 1.03 bits per heavy atom. The van der Waals surface area contributed by atoms with Crippen molar-refractivity contribution >= 4 is 5.91 Å². The maximum absolute atomic E-state index is 14.0. The molecule has 1 aliphatic rings. The van der Waals surface area contributed by atoms with Crippen molar-refractivity contribution in [1.29, 1.82) is 0 Å². The van der Waals surface area contributed by atoms with Crippen molar-refractivity contribution in [3.63, 3.8) is 0 Å². The summed E-state index contributed by atoms with van der Waals surface area (Å²) in [7, 11) is 0. The van der Waals surface area contributed by atoms with Gasteiger partial charge in [-0.3, -0.25) is 9.78 Å². The zero-order valence-electron chi connectivity index (χ0n) is 18.6. The molecule has 0 aliphatic carbocycles. The minimum Gasteiger partial charge on any atom is -0.488 e. The summed E-state index contributed by atoms with van der Waals surface area (Å²) < 4.78 is 46.9. The first kappa shape index (κ1) is 23.8. The van der Waals surface area contributed by atoms with Crippen molar-refractivity contribution in [3.05, 3.63) is 83.9 Å². The van der Waals surface area contributed by atoms with Gasteiger partial charge in [-0.05, 0) is 61.8 Å². The van der Waals surface area contributed by atoms with Gasteiger partial charge in [0.1, 0.15) is 5.82 Å². The topological polar surface area (TPSA) is 63.2 Å². The summed E-state index contributed by atoms with van der Waals surface area (Å²) in [6.07, 6.45) is 3.30. The molecular weight excluding hydrogens is 443 g/mol. The minimum atomic E-state index is -0.792. The molecule has 5 nitrogen and oxygen atoms in total. The molecule has 178 valence electrons. The highest BCUT2D eigenvalue weighted by Gasteiger charge is 2.26. The molecular formula is C26H26F3N3O2. The van der Waals surface area contributed by atoms with Gasteiger partial charge in [0.2, 0.25) is 5.91 Å². The zero-order chi connectivity index (χ0) is 23.9. The van der Waals surface area contributed by atoms with Crippen molar-refractivity contribution in [2.75, 3.05) is 19.7 Å². The monoisotopic (exact) mass is 469 g/mol. The number of nitrogens with one attached hydrogen (secondary N) is 2. The minimum absolute atomic E-state index is 0.0472. The number of carbonyl (C=O) groups is 1. The second kappa shape index (κ2) is 11.2. The molecule has 3 aromatic rings. The molecule has 1 aliphatic heterocycles. The summed E-state index contributed by atoms with van der Waals surface area (Å²) in [6, 6.07) is 12.6. The van der Waals surface area contributed by atoms with Crippen LogP contribution in [-0.4, -0.2) is 30.6 Å². The van der Waals surface area contributed by atoms with E-state index in [0.29, 0.717) is 5.69 Å². The molecule has 0 unspecified atom stereocenters. The van der Waals surface area contributed by atoms with E-state index in [1.807, 2.05) is 6.07 Å². The SMILES string of the molecule is O=C(N[C@@H](CCOc1c(F)cccc1F)c1ncccc1-c1ccc(F)cc1)C1CCNCC1. The van der Waals surface area contributed by atoms with E-state index >= 15 is 0 Å². The van der Waals surface area contributed by atoms with Crippen molar-refractivity contribution in [2.24, 2.45) is 5.92 Å². The Morgan fingerprint density at radius 3 is 2.44 bits per heavy atom. The van der Waals surface area contributed by atoms with Gasteiger partial charge < -0.3 is 15.4 Å². The Kier molecular flexibility index (Phi) is 7.80. The molecule has 1 aromatic heterocycles. The lowest BCUT2D eigenvalue weighted by Gasteiger charge is -2.26. The third-order valence-electron chi connectivity index (χ3n) is 5.92. The Hall–Kier alpha value is -3.39. The van der Waals surface area contributed by atoms with Crippen LogP contribution in [0.5, 0.6) is 5.75 Å². The van der Waals surface area contributed by atoms with E-state index in [-0.39, 0.29) is 30.7 Å². The van der Waals surface area contributed by atoms with Crippen LogP contribution in [0.15, 0.2) is 60.8 Å². The van der Waals surface area contributed by atoms with Crippen molar-refractivity contribution in [2.45, 2.75) is 25.3 Å². The van der Waals surface area contributed by atoms with E-state index < -0.39 is 23.4 Å². The fraction of sp³-hybridized carbons (Fsp3) is 0.308. The number of amides is 1. The van der Waals surface area contributed by atoms with Gasteiger partial charge in [-0.1, -0.05) is 24.3 Å². The number of aromatic nitrogens is 1. The highest BCUT2D eigenvalue weighted by molar-refractivity contribution is 5.79. The van der Waals surface area contributed by atoms with Crippen LogP contribution in [0.1, 0.15) is 31.0 Å². The average molecular weight is 470 g/mol. The fourth-order valence-corrected chi connectivity index (χ4v) is 4.12. The second-order valence-electron chi connectivity index (χ2n) is 8.22. The van der Waals surface area contributed by atoms with Crippen LogP contribution in [-0.2, 0) is 4.79 Å². The fourth-order valence-electron chi connectivity index (χ4n) is 4.12. The van der Waals surface area contributed by atoms with Crippen molar-refractivity contribution in [1.82, 2.24) is 15.6 Å². The number of piperidine rings is 1. The maximum Gasteiger partial charge on any atom is 0.223 e. The van der Waals surface area contributed by atoms with Crippen LogP contribution >= 0.6 is 0 Å². The Bertz CT molecular complexity index is 1100. The molecule has 0 radical (unpaired) electrons. The first-order valence-electron chi connectivity index (χ1n) is 11.3. The molecule has 34 heavy (non-hydrogen) atoms. The lowest BCUT2D eigenvalue weighted by atomic mass is 9.94. The molecule has 1 saturated heterocycles. The number of para-hydroxylation sites is 1. The summed E-state index contributed by atoms with van der Waals surface area (Å²) in [6.45, 7) is 1.49. The normalized spacial score (nSPS) is 15.0. The third-order valence-corrected chi connectivity index (χ3v) is 5.92. The summed E-state index contributed by atoms with van der Waals surface area (Å²) in [4.78, 5) is 17.6. The molecule has 2 aromatic carbocycles. The number of rotatable bonds is 8. The molecule has 2 heterocycles. The van der Waals surface area contributed by atoms with Gasteiger partial charge in [-0.2, -0.15) is 0 Å². The van der Waals surface area contributed by atoms with Gasteiger partial charge in [0.25, 0.3) is 0 Å². The highest BCUT2D eigenvalue weighted by Crippen LogP contribution is 2.30. The Morgan fingerprint density at radius 2 is 1.74 bits per heavy atom. The van der Waals surface area contributed by atoms with Crippen LogP contribution in [0, 0.1) is 23.4 Å². The number of hydrogen-bond donors (Lipinski definition) is 2. The van der Waals surface area contributed by atoms with E-state index in [1.165, 1.54) is 18.2 Å². The number of halogens is 3. The molecule has 2 N–H and O–H groups in total. The highest BCUT2D eigenvalue weighted by atomic mass is 19.1. The van der Waals surface area contributed by atoms with Crippen LogP contribution in [0.2, 0.25) is 0 Å². The largest absolute Gasteiger partial charge is 0.488 e. The van der Waals surface area contributed by atoms with E-state index in [9.17, 15) is 18.0 Å². The van der Waals surface area contributed by atoms with Gasteiger partial charge in [0, 0.05) is 24.1 Å². The summed E-state index contributed by atoms with van der Waals surface area (Å²) >= 11 is 0. The number of hydrogen-bond acceptors (Lipinski definition) is 4. The molecule has 4 rings (SSSR count). The standard InChI is InChI=1S/C26H26F3N3O2/c27-19-8-6-17(7-9-19)20-3-2-13-31-24(20)23(32-26(33)18-10-14-30-15-11-18)12-16-34-25-21(28)4-1-5-22(25)29/h1-9,13,18,23,30H,10-12,14-16H2,(H,32,33)/t23-/m0/s1. The van der Waals surface area contributed by atoms with Crippen LogP contribution in [0.3, 0.4) is 0 Å². The lowest BCUT2D eigenvalue weighted by Crippen LogP contribution is -2.40. The smallest absolute Gasteiger partial charge is 0.223 e. The van der Waals surface area contributed by atoms with Gasteiger partial charge >= 0.3 is 0 Å². The number of carbonyl (C=O) groups excluding carboxylic acids is 1. The maximum atomic E-state index is 14.0. The average Bonchev–Trinajstić information content (AvgIpc) is 2.86. The van der Waals surface area contributed by atoms with Crippen LogP contribution in [0.4, 0.5) is 13.2 Å². The molecule has 0 spiro atoms. The van der Waals surface area contributed by atoms with Crippen LogP contribution in [0.25, 0.3) is 11.1 Å².